The smallest absolute Gasteiger partial charge is 0.0880 e. The minimum atomic E-state index is 0.721. The van der Waals surface area contributed by atoms with Crippen molar-refractivity contribution < 1.29 is 0 Å². The number of nitrogens with one attached hydrogen (secondary N) is 1. The molecule has 1 aromatic carbocycles. The Labute approximate surface area is 152 Å². The van der Waals surface area contributed by atoms with Crippen molar-refractivity contribution in [3.63, 3.8) is 0 Å². The summed E-state index contributed by atoms with van der Waals surface area (Å²) >= 11 is 0. The summed E-state index contributed by atoms with van der Waals surface area (Å²) < 4.78 is 0. The topological polar surface area (TPSA) is 18.5 Å². The number of para-hydroxylation sites is 2. The molecule has 2 heterocycles. The van der Waals surface area contributed by atoms with Gasteiger partial charge in [-0.25, -0.2) is 0 Å². The lowest BCUT2D eigenvalue weighted by atomic mass is 9.67. The van der Waals surface area contributed by atoms with Crippen molar-refractivity contribution in [1.82, 2.24) is 4.90 Å². The van der Waals surface area contributed by atoms with Crippen LogP contribution in [0, 0.1) is 11.8 Å². The Kier molecular flexibility index (Phi) is 4.37. The van der Waals surface area contributed by atoms with E-state index in [9.17, 15) is 0 Å². The Bertz CT molecular complexity index is 591. The summed E-state index contributed by atoms with van der Waals surface area (Å²) in [5.74, 6) is 2.08. The van der Waals surface area contributed by atoms with E-state index in [0.717, 1.165) is 30.6 Å². The third kappa shape index (κ3) is 2.95. The van der Waals surface area contributed by atoms with Crippen LogP contribution >= 0.6 is 0 Å². The minimum Gasteiger partial charge on any atom is -0.366 e. The van der Waals surface area contributed by atoms with Gasteiger partial charge in [-0.05, 0) is 49.7 Å². The maximum absolute atomic E-state index is 3.57. The monoisotopic (exact) mass is 339 g/mol. The van der Waals surface area contributed by atoms with Crippen molar-refractivity contribution in [2.24, 2.45) is 11.8 Å². The van der Waals surface area contributed by atoms with E-state index in [1.54, 1.807) is 0 Å². The number of anilines is 2. The van der Waals surface area contributed by atoms with E-state index in [1.807, 2.05) is 0 Å². The Balaban J connectivity index is 1.23. The van der Waals surface area contributed by atoms with Crippen LogP contribution in [0.25, 0.3) is 0 Å². The highest BCUT2D eigenvalue weighted by atomic mass is 15.3. The highest BCUT2D eigenvalue weighted by Crippen LogP contribution is 2.43. The van der Waals surface area contributed by atoms with Crippen LogP contribution in [0.3, 0.4) is 0 Å². The van der Waals surface area contributed by atoms with Crippen molar-refractivity contribution >= 4 is 11.4 Å². The van der Waals surface area contributed by atoms with Crippen LogP contribution in [0.15, 0.2) is 24.3 Å². The first-order valence-electron chi connectivity index (χ1n) is 10.7. The average Bonchev–Trinajstić information content (AvgIpc) is 3.12. The Morgan fingerprint density at radius 3 is 2.56 bits per heavy atom. The van der Waals surface area contributed by atoms with Crippen LogP contribution in [0.2, 0.25) is 0 Å². The van der Waals surface area contributed by atoms with Gasteiger partial charge in [-0.1, -0.05) is 44.2 Å². The lowest BCUT2D eigenvalue weighted by Crippen LogP contribution is -2.52. The van der Waals surface area contributed by atoms with E-state index in [0.29, 0.717) is 0 Å². The number of hydrogen-bond acceptors (Lipinski definition) is 3. The molecule has 0 aromatic heterocycles. The Hall–Kier alpha value is -1.22. The van der Waals surface area contributed by atoms with E-state index in [2.05, 4.69) is 39.4 Å². The second-order valence-corrected chi connectivity index (χ2v) is 8.80. The third-order valence-corrected chi connectivity index (χ3v) is 7.60. The highest BCUT2D eigenvalue weighted by Gasteiger charge is 2.39. The van der Waals surface area contributed by atoms with Gasteiger partial charge in [0.1, 0.15) is 0 Å². The molecule has 3 atom stereocenters. The first-order chi connectivity index (χ1) is 12.4. The molecule has 1 aromatic rings. The van der Waals surface area contributed by atoms with E-state index < -0.39 is 0 Å². The number of piperidine rings is 1. The lowest BCUT2D eigenvalue weighted by molar-refractivity contribution is 0.0270. The molecule has 0 radical (unpaired) electrons. The van der Waals surface area contributed by atoms with Gasteiger partial charge in [0, 0.05) is 25.2 Å². The second-order valence-electron chi connectivity index (χ2n) is 8.80. The van der Waals surface area contributed by atoms with Crippen LogP contribution in [0.4, 0.5) is 11.4 Å². The fraction of sp³-hybridized carbons (Fsp3) is 0.727. The molecule has 3 nitrogen and oxygen atoms in total. The number of fused-ring (bicyclic) bond motifs is 2. The molecule has 0 spiro atoms. The summed E-state index contributed by atoms with van der Waals surface area (Å²) in [5.41, 5.74) is 2.74. The summed E-state index contributed by atoms with van der Waals surface area (Å²) in [4.78, 5) is 5.52. The van der Waals surface area contributed by atoms with Gasteiger partial charge in [0.05, 0.1) is 18.0 Å². The van der Waals surface area contributed by atoms with Crippen molar-refractivity contribution in [1.29, 1.82) is 0 Å². The summed E-state index contributed by atoms with van der Waals surface area (Å²) in [5, 5.41) is 3.57. The number of hydrogen-bond donors (Lipinski definition) is 1. The molecule has 1 N–H and O–H groups in total. The minimum absolute atomic E-state index is 0.721. The van der Waals surface area contributed by atoms with Crippen LogP contribution in [0.1, 0.15) is 57.8 Å². The molecule has 0 unspecified atom stereocenters. The highest BCUT2D eigenvalue weighted by molar-refractivity contribution is 5.74. The molecule has 0 amide bonds. The molecule has 3 fully saturated rings. The largest absolute Gasteiger partial charge is 0.366 e. The van der Waals surface area contributed by atoms with Gasteiger partial charge in [-0.15, -0.1) is 0 Å². The number of benzene rings is 1. The third-order valence-electron chi connectivity index (χ3n) is 7.60. The number of rotatable bonds is 2. The zero-order valence-corrected chi connectivity index (χ0v) is 15.5. The van der Waals surface area contributed by atoms with Gasteiger partial charge in [0.2, 0.25) is 0 Å². The normalized spacial score (nSPS) is 33.6. The standard InChI is InChI=1S/C22H33N3/c1-2-8-19-17(6-1)7-5-11-21(19)24-14-12-18(13-15-24)25-16-23-20-9-3-4-10-22(20)25/h3-4,9-10,17-19,21,23H,1-2,5-8,11-16H2/t17-,19-,21-/m1/s1. The van der Waals surface area contributed by atoms with E-state index >= 15 is 0 Å². The summed E-state index contributed by atoms with van der Waals surface area (Å²) in [6.45, 7) is 3.63. The molecular weight excluding hydrogens is 306 g/mol. The first-order valence-corrected chi connectivity index (χ1v) is 10.7. The van der Waals surface area contributed by atoms with E-state index in [4.69, 9.17) is 0 Å². The second kappa shape index (κ2) is 6.83. The summed E-state index contributed by atoms with van der Waals surface area (Å²) in [6, 6.07) is 10.5. The van der Waals surface area contributed by atoms with Crippen LogP contribution in [-0.2, 0) is 0 Å². The Morgan fingerprint density at radius 2 is 1.64 bits per heavy atom. The molecule has 2 aliphatic heterocycles. The van der Waals surface area contributed by atoms with Gasteiger partial charge in [0.15, 0.2) is 0 Å². The van der Waals surface area contributed by atoms with Gasteiger partial charge < -0.3 is 10.2 Å². The quantitative estimate of drug-likeness (QED) is 0.842. The molecule has 4 aliphatic rings. The predicted molar refractivity (Wildman–Crippen MR) is 105 cm³/mol. The molecule has 0 bridgehead atoms. The van der Waals surface area contributed by atoms with Crippen LogP contribution in [-0.4, -0.2) is 36.7 Å². The van der Waals surface area contributed by atoms with Crippen molar-refractivity contribution in [2.75, 3.05) is 30.0 Å². The van der Waals surface area contributed by atoms with Gasteiger partial charge in [-0.3, -0.25) is 4.90 Å². The Morgan fingerprint density at radius 1 is 0.840 bits per heavy atom. The predicted octanol–water partition coefficient (Wildman–Crippen LogP) is 4.70. The van der Waals surface area contributed by atoms with E-state index in [1.165, 1.54) is 82.3 Å². The van der Waals surface area contributed by atoms with Gasteiger partial charge in [0.25, 0.3) is 0 Å². The SMILES string of the molecule is c1ccc2c(c1)NCN2C1CCN([C@@H]2CCC[C@H]3CCCC[C@H]32)CC1. The first kappa shape index (κ1) is 16.0. The van der Waals surface area contributed by atoms with Crippen molar-refractivity contribution in [3.8, 4) is 0 Å². The van der Waals surface area contributed by atoms with Crippen LogP contribution < -0.4 is 10.2 Å². The fourth-order valence-electron chi connectivity index (χ4n) is 6.34. The zero-order chi connectivity index (χ0) is 16.6. The molecule has 2 aliphatic carbocycles. The van der Waals surface area contributed by atoms with Crippen LogP contribution in [0.5, 0.6) is 0 Å². The molecule has 3 heteroatoms. The summed E-state index contributed by atoms with van der Waals surface area (Å²) in [7, 11) is 0. The van der Waals surface area contributed by atoms with Gasteiger partial charge >= 0.3 is 0 Å². The van der Waals surface area contributed by atoms with Gasteiger partial charge in [-0.2, -0.15) is 0 Å². The lowest BCUT2D eigenvalue weighted by Gasteiger charge is -2.49. The molecule has 25 heavy (non-hydrogen) atoms. The maximum atomic E-state index is 3.57. The average molecular weight is 340 g/mol. The summed E-state index contributed by atoms with van der Waals surface area (Å²) in [6.07, 6.45) is 13.2. The molecular formula is C22H33N3. The zero-order valence-electron chi connectivity index (χ0n) is 15.5. The molecule has 5 rings (SSSR count). The molecule has 2 saturated carbocycles. The number of likely N-dealkylation sites (tertiary alicyclic amines) is 1. The molecule has 136 valence electrons. The van der Waals surface area contributed by atoms with Crippen molar-refractivity contribution in [3.05, 3.63) is 24.3 Å². The maximum Gasteiger partial charge on any atom is 0.0880 e. The van der Waals surface area contributed by atoms with E-state index in [-0.39, 0.29) is 0 Å². The molecule has 1 saturated heterocycles. The van der Waals surface area contributed by atoms with Crippen molar-refractivity contribution in [2.45, 2.75) is 69.9 Å². The number of nitrogens with zero attached hydrogens (tertiary/aromatic N) is 2. The fourth-order valence-corrected chi connectivity index (χ4v) is 6.34.